The van der Waals surface area contributed by atoms with Gasteiger partial charge in [-0.05, 0) is 11.0 Å². The minimum Gasteiger partial charge on any atom is -0.480 e. The Balaban J connectivity index is 2.44. The van der Waals surface area contributed by atoms with Crippen molar-refractivity contribution in [3.63, 3.8) is 0 Å². The minimum absolute atomic E-state index is 0.0715. The molecule has 2 amide bonds. The van der Waals surface area contributed by atoms with Gasteiger partial charge in [-0.3, -0.25) is 14.4 Å². The molecule has 0 aliphatic rings. The van der Waals surface area contributed by atoms with Crippen LogP contribution in [0.2, 0.25) is 0 Å². The first kappa shape index (κ1) is 14.2. The van der Waals surface area contributed by atoms with Crippen molar-refractivity contribution in [3.05, 3.63) is 27.9 Å². The summed E-state index contributed by atoms with van der Waals surface area (Å²) in [6.45, 7) is -0.985. The van der Waals surface area contributed by atoms with Gasteiger partial charge in [0.15, 0.2) is 5.69 Å². The van der Waals surface area contributed by atoms with Gasteiger partial charge in [0.2, 0.25) is 5.91 Å². The lowest BCUT2D eigenvalue weighted by Crippen LogP contribution is -2.39. The van der Waals surface area contributed by atoms with Gasteiger partial charge in [0.1, 0.15) is 6.54 Å². The average Bonchev–Trinajstić information content (AvgIpc) is 2.83. The Labute approximate surface area is 105 Å². The topological polar surface area (TPSA) is 154 Å². The van der Waals surface area contributed by atoms with Gasteiger partial charge in [0.25, 0.3) is 5.91 Å². The molecule has 4 N–H and O–H groups in total. The van der Waals surface area contributed by atoms with Gasteiger partial charge < -0.3 is 25.9 Å². The monoisotopic (exact) mass is 270 g/mol. The molecule has 0 aliphatic heterocycles. The number of carboxylic acid groups (broad SMARTS) is 1. The van der Waals surface area contributed by atoms with Gasteiger partial charge in [-0.25, -0.2) is 4.98 Å². The molecule has 19 heavy (non-hydrogen) atoms. The van der Waals surface area contributed by atoms with Crippen LogP contribution >= 0.6 is 0 Å². The Morgan fingerprint density at radius 3 is 2.47 bits per heavy atom. The van der Waals surface area contributed by atoms with Crippen LogP contribution in [0.4, 0.5) is 5.82 Å². The van der Waals surface area contributed by atoms with E-state index in [2.05, 4.69) is 10.3 Å². The summed E-state index contributed by atoms with van der Waals surface area (Å²) in [4.78, 5) is 44.6. The highest BCUT2D eigenvalue weighted by atomic mass is 16.6. The van der Waals surface area contributed by atoms with E-state index < -0.39 is 35.8 Å². The molecule has 10 heteroatoms. The molecule has 102 valence electrons. The molecule has 0 atom stereocenters. The molecular weight excluding hydrogens is 260 g/mol. The molecule has 1 heterocycles. The van der Waals surface area contributed by atoms with Crippen LogP contribution in [0.1, 0.15) is 10.5 Å². The molecule has 0 aromatic carbocycles. The zero-order valence-corrected chi connectivity index (χ0v) is 9.50. The van der Waals surface area contributed by atoms with E-state index in [0.29, 0.717) is 0 Å². The number of nitrogens with zero attached hydrogens (tertiary/aromatic N) is 1. The number of nitro groups is 1. The van der Waals surface area contributed by atoms with E-state index in [1.807, 2.05) is 5.32 Å². The summed E-state index contributed by atoms with van der Waals surface area (Å²) in [7, 11) is 0. The normalized spacial score (nSPS) is 9.68. The Hall–Kier alpha value is -2.91. The minimum atomic E-state index is -1.21. The lowest BCUT2D eigenvalue weighted by Gasteiger charge is -2.02. The first-order valence-corrected chi connectivity index (χ1v) is 5.00. The maximum absolute atomic E-state index is 11.5. The molecular formula is C9H10N4O6. The molecule has 0 fully saturated rings. The fourth-order valence-corrected chi connectivity index (χ4v) is 1.12. The van der Waals surface area contributed by atoms with E-state index in [1.54, 1.807) is 0 Å². The van der Waals surface area contributed by atoms with Crippen LogP contribution in [0, 0.1) is 10.1 Å². The molecule has 1 aromatic heterocycles. The van der Waals surface area contributed by atoms with Crippen LogP contribution in [0.15, 0.2) is 12.1 Å². The van der Waals surface area contributed by atoms with Crippen LogP contribution < -0.4 is 10.6 Å². The van der Waals surface area contributed by atoms with Gasteiger partial charge in [-0.15, -0.1) is 0 Å². The molecule has 0 aliphatic carbocycles. The number of carboxylic acids is 1. The predicted octanol–water partition coefficient (Wildman–Crippen LogP) is -1.15. The highest BCUT2D eigenvalue weighted by Crippen LogP contribution is 2.09. The van der Waals surface area contributed by atoms with Crippen molar-refractivity contribution >= 4 is 23.6 Å². The van der Waals surface area contributed by atoms with Crippen molar-refractivity contribution in [1.29, 1.82) is 0 Å². The maximum atomic E-state index is 11.5. The number of rotatable bonds is 6. The third kappa shape index (κ3) is 4.46. The molecule has 1 rings (SSSR count). The number of amides is 2. The number of H-pyrrole nitrogens is 1. The standard InChI is InChI=1S/C9H10N4O6/c14-7(10-4-8(15)16)3-11-9(17)5-1-2-6(12-5)13(18)19/h1-2,12H,3-4H2,(H,10,14)(H,11,17)(H,15,16). The summed E-state index contributed by atoms with van der Waals surface area (Å²) in [6, 6.07) is 2.31. The number of carbonyl (C=O) groups excluding carboxylic acids is 2. The number of nitrogens with one attached hydrogen (secondary N) is 3. The van der Waals surface area contributed by atoms with E-state index in [-0.39, 0.29) is 11.5 Å². The highest BCUT2D eigenvalue weighted by molar-refractivity contribution is 5.95. The van der Waals surface area contributed by atoms with E-state index in [4.69, 9.17) is 5.11 Å². The molecule has 0 bridgehead atoms. The molecule has 0 spiro atoms. The Morgan fingerprint density at radius 1 is 1.26 bits per heavy atom. The van der Waals surface area contributed by atoms with Crippen molar-refractivity contribution in [1.82, 2.24) is 15.6 Å². The van der Waals surface area contributed by atoms with Gasteiger partial charge >= 0.3 is 11.8 Å². The van der Waals surface area contributed by atoms with Crippen LogP contribution in [-0.2, 0) is 9.59 Å². The van der Waals surface area contributed by atoms with Crippen molar-refractivity contribution < 1.29 is 24.4 Å². The summed E-state index contributed by atoms with van der Waals surface area (Å²) in [5.74, 6) is -2.95. The van der Waals surface area contributed by atoms with Crippen molar-refractivity contribution in [2.24, 2.45) is 0 Å². The molecule has 0 saturated heterocycles. The number of aromatic nitrogens is 1. The smallest absolute Gasteiger partial charge is 0.322 e. The van der Waals surface area contributed by atoms with Crippen LogP contribution in [0.3, 0.4) is 0 Å². The van der Waals surface area contributed by atoms with E-state index in [0.717, 1.165) is 6.07 Å². The number of aromatic amines is 1. The summed E-state index contributed by atoms with van der Waals surface area (Å²) in [5, 5.41) is 22.9. The van der Waals surface area contributed by atoms with E-state index in [9.17, 15) is 24.5 Å². The quantitative estimate of drug-likeness (QED) is 0.378. The van der Waals surface area contributed by atoms with Crippen molar-refractivity contribution in [2.75, 3.05) is 13.1 Å². The summed E-state index contributed by atoms with van der Waals surface area (Å²) in [6.07, 6.45) is 0. The Morgan fingerprint density at radius 2 is 1.95 bits per heavy atom. The number of hydrogen-bond acceptors (Lipinski definition) is 5. The first-order chi connectivity index (χ1) is 8.90. The highest BCUT2D eigenvalue weighted by Gasteiger charge is 2.15. The van der Waals surface area contributed by atoms with E-state index >= 15 is 0 Å². The van der Waals surface area contributed by atoms with Crippen LogP contribution in [0.5, 0.6) is 0 Å². The zero-order chi connectivity index (χ0) is 14.4. The Kier molecular flexibility index (Phi) is 4.57. The second-order valence-corrected chi connectivity index (χ2v) is 3.37. The third-order valence-corrected chi connectivity index (χ3v) is 1.96. The number of hydrogen-bond donors (Lipinski definition) is 4. The Bertz CT molecular complexity index is 523. The third-order valence-electron chi connectivity index (χ3n) is 1.96. The van der Waals surface area contributed by atoms with Gasteiger partial charge in [0, 0.05) is 6.07 Å². The molecule has 0 unspecified atom stereocenters. The molecule has 0 radical (unpaired) electrons. The number of aliphatic carboxylic acids is 1. The second-order valence-electron chi connectivity index (χ2n) is 3.37. The second kappa shape index (κ2) is 6.14. The summed E-state index contributed by atoms with van der Waals surface area (Å²) in [5.41, 5.74) is -0.0715. The molecule has 10 nitrogen and oxygen atoms in total. The van der Waals surface area contributed by atoms with Crippen molar-refractivity contribution in [3.8, 4) is 0 Å². The van der Waals surface area contributed by atoms with Gasteiger partial charge in [0.05, 0.1) is 6.54 Å². The lowest BCUT2D eigenvalue weighted by atomic mass is 10.4. The van der Waals surface area contributed by atoms with Crippen molar-refractivity contribution in [2.45, 2.75) is 0 Å². The lowest BCUT2D eigenvalue weighted by molar-refractivity contribution is -0.389. The zero-order valence-electron chi connectivity index (χ0n) is 9.50. The first-order valence-electron chi connectivity index (χ1n) is 5.00. The average molecular weight is 270 g/mol. The van der Waals surface area contributed by atoms with Gasteiger partial charge in [-0.2, -0.15) is 0 Å². The maximum Gasteiger partial charge on any atom is 0.322 e. The summed E-state index contributed by atoms with van der Waals surface area (Å²) >= 11 is 0. The molecule has 1 aromatic rings. The van der Waals surface area contributed by atoms with Gasteiger partial charge in [-0.1, -0.05) is 0 Å². The SMILES string of the molecule is O=C(O)CNC(=O)CNC(=O)c1ccc([N+](=O)[O-])[nH]1. The fraction of sp³-hybridized carbons (Fsp3) is 0.222. The van der Waals surface area contributed by atoms with Crippen LogP contribution in [0.25, 0.3) is 0 Å². The van der Waals surface area contributed by atoms with Crippen LogP contribution in [-0.4, -0.2) is 45.9 Å². The largest absolute Gasteiger partial charge is 0.480 e. The summed E-state index contributed by atoms with van der Waals surface area (Å²) < 4.78 is 0. The predicted molar refractivity (Wildman–Crippen MR) is 60.4 cm³/mol. The fourth-order valence-electron chi connectivity index (χ4n) is 1.12. The molecule has 0 saturated carbocycles. The van der Waals surface area contributed by atoms with E-state index in [1.165, 1.54) is 6.07 Å². The number of carbonyl (C=O) groups is 3.